The van der Waals surface area contributed by atoms with Gasteiger partial charge in [-0.05, 0) is 42.5 Å². The zero-order valence-electron chi connectivity index (χ0n) is 12.5. The van der Waals surface area contributed by atoms with Crippen molar-refractivity contribution in [2.24, 2.45) is 0 Å². The number of hydrogen-bond acceptors (Lipinski definition) is 1. The third-order valence-electron chi connectivity index (χ3n) is 3.40. The molecule has 0 aliphatic heterocycles. The highest BCUT2D eigenvalue weighted by Gasteiger charge is 2.06. The molecule has 22 heavy (non-hydrogen) atoms. The largest absolute Gasteiger partial charge is 0.279 e. The number of rotatable bonds is 3. The maximum Gasteiger partial charge on any atom is 0.235 e. The van der Waals surface area contributed by atoms with E-state index >= 15 is 0 Å². The average molecular weight is 331 g/mol. The summed E-state index contributed by atoms with van der Waals surface area (Å²) in [6.07, 6.45) is 0.635. The highest BCUT2D eigenvalue weighted by atomic mass is 35.5. The van der Waals surface area contributed by atoms with Crippen molar-refractivity contribution in [1.82, 2.24) is 0 Å². The quantitative estimate of drug-likeness (QED) is 0.402. The van der Waals surface area contributed by atoms with Gasteiger partial charge in [-0.25, -0.2) is 0 Å². The number of ketones is 1. The van der Waals surface area contributed by atoms with Gasteiger partial charge in [-0.1, -0.05) is 65.9 Å². The number of benzene rings is 2. The predicted molar refractivity (Wildman–Crippen MR) is 92.8 cm³/mol. The standard InChI is InChI=1S/C19H16Cl2O/c1-13-5-3-7-15(11-13)14(2)6-4-8-19(22)16-9-10-17(20)18(21)12-16/h3,5,7,9-12,14H,6H2,1-2H3. The van der Waals surface area contributed by atoms with Crippen LogP contribution in [0.25, 0.3) is 0 Å². The second-order valence-corrected chi connectivity index (χ2v) is 6.09. The normalized spacial score (nSPS) is 11.5. The first-order valence-corrected chi connectivity index (χ1v) is 7.78. The van der Waals surface area contributed by atoms with Crippen molar-refractivity contribution in [2.75, 3.05) is 0 Å². The monoisotopic (exact) mass is 330 g/mol. The van der Waals surface area contributed by atoms with E-state index in [0.717, 1.165) is 0 Å². The smallest absolute Gasteiger partial charge is 0.235 e. The zero-order chi connectivity index (χ0) is 16.1. The SMILES string of the molecule is Cc1cccc(C(C)CC#CC(=O)c2ccc(Cl)c(Cl)c2)c1. The lowest BCUT2D eigenvalue weighted by Gasteiger charge is -2.08. The van der Waals surface area contributed by atoms with Gasteiger partial charge < -0.3 is 0 Å². The summed E-state index contributed by atoms with van der Waals surface area (Å²) in [6.45, 7) is 4.17. The summed E-state index contributed by atoms with van der Waals surface area (Å²) in [5, 5.41) is 0.793. The van der Waals surface area contributed by atoms with E-state index in [2.05, 4.69) is 43.9 Å². The summed E-state index contributed by atoms with van der Waals surface area (Å²) in [4.78, 5) is 12.0. The van der Waals surface area contributed by atoms with Crippen molar-refractivity contribution in [2.45, 2.75) is 26.2 Å². The number of hydrogen-bond donors (Lipinski definition) is 0. The van der Waals surface area contributed by atoms with Gasteiger partial charge in [0.15, 0.2) is 0 Å². The van der Waals surface area contributed by atoms with Gasteiger partial charge in [-0.3, -0.25) is 4.79 Å². The Hall–Kier alpha value is -1.75. The number of aryl methyl sites for hydroxylation is 1. The molecule has 0 saturated heterocycles. The van der Waals surface area contributed by atoms with E-state index in [-0.39, 0.29) is 11.7 Å². The van der Waals surface area contributed by atoms with Crippen molar-refractivity contribution >= 4 is 29.0 Å². The van der Waals surface area contributed by atoms with Crippen LogP contribution in [0.1, 0.15) is 40.7 Å². The molecule has 0 amide bonds. The van der Waals surface area contributed by atoms with E-state index in [4.69, 9.17) is 23.2 Å². The van der Waals surface area contributed by atoms with Crippen LogP contribution in [-0.2, 0) is 0 Å². The van der Waals surface area contributed by atoms with Crippen molar-refractivity contribution in [1.29, 1.82) is 0 Å². The molecule has 2 rings (SSSR count). The van der Waals surface area contributed by atoms with Crippen LogP contribution in [0.15, 0.2) is 42.5 Å². The average Bonchev–Trinajstić information content (AvgIpc) is 2.49. The maximum absolute atomic E-state index is 12.0. The molecule has 0 aliphatic carbocycles. The van der Waals surface area contributed by atoms with E-state index in [9.17, 15) is 4.79 Å². The van der Waals surface area contributed by atoms with Crippen LogP contribution in [-0.4, -0.2) is 5.78 Å². The Labute approximate surface area is 141 Å². The van der Waals surface area contributed by atoms with Crippen molar-refractivity contribution in [3.8, 4) is 11.8 Å². The molecule has 1 unspecified atom stereocenters. The molecular formula is C19H16Cl2O. The Balaban J connectivity index is 2.04. The molecular weight excluding hydrogens is 315 g/mol. The summed E-state index contributed by atoms with van der Waals surface area (Å²) in [5.74, 6) is 5.68. The number of Topliss-reactive ketones (excluding diaryl/α,β-unsaturated/α-hetero) is 1. The topological polar surface area (TPSA) is 17.1 Å². The molecule has 0 spiro atoms. The fourth-order valence-electron chi connectivity index (χ4n) is 2.09. The predicted octanol–water partition coefficient (Wildman–Crippen LogP) is 5.68. The summed E-state index contributed by atoms with van der Waals surface area (Å²) >= 11 is 11.7. The van der Waals surface area contributed by atoms with Gasteiger partial charge in [0.05, 0.1) is 10.0 Å². The Morgan fingerprint density at radius 2 is 1.91 bits per heavy atom. The molecule has 1 atom stereocenters. The van der Waals surface area contributed by atoms with Gasteiger partial charge in [0.25, 0.3) is 0 Å². The molecule has 0 fully saturated rings. The van der Waals surface area contributed by atoms with E-state index in [1.807, 2.05) is 6.07 Å². The Kier molecular flexibility index (Phi) is 5.66. The minimum atomic E-state index is -0.241. The third kappa shape index (κ3) is 4.37. The molecule has 2 aromatic rings. The lowest BCUT2D eigenvalue weighted by atomic mass is 9.96. The number of carbonyl (C=O) groups is 1. The summed E-state index contributed by atoms with van der Waals surface area (Å²) in [7, 11) is 0. The van der Waals surface area contributed by atoms with E-state index in [1.165, 1.54) is 11.1 Å². The number of halogens is 2. The third-order valence-corrected chi connectivity index (χ3v) is 4.14. The van der Waals surface area contributed by atoms with Gasteiger partial charge in [0.1, 0.15) is 0 Å². The van der Waals surface area contributed by atoms with E-state index < -0.39 is 0 Å². The molecule has 0 aromatic heterocycles. The van der Waals surface area contributed by atoms with Crippen LogP contribution >= 0.6 is 23.2 Å². The van der Waals surface area contributed by atoms with Crippen molar-refractivity contribution < 1.29 is 4.79 Å². The minimum Gasteiger partial charge on any atom is -0.279 e. The van der Waals surface area contributed by atoms with Crippen LogP contribution in [0, 0.1) is 18.8 Å². The molecule has 112 valence electrons. The van der Waals surface area contributed by atoms with Crippen LogP contribution < -0.4 is 0 Å². The second-order valence-electron chi connectivity index (χ2n) is 5.28. The second kappa shape index (κ2) is 7.49. The van der Waals surface area contributed by atoms with Gasteiger partial charge in [0.2, 0.25) is 5.78 Å². The molecule has 0 saturated carbocycles. The Morgan fingerprint density at radius 3 is 2.59 bits per heavy atom. The maximum atomic E-state index is 12.0. The van der Waals surface area contributed by atoms with E-state index in [0.29, 0.717) is 22.0 Å². The van der Waals surface area contributed by atoms with Gasteiger partial charge >= 0.3 is 0 Å². The van der Waals surface area contributed by atoms with Crippen molar-refractivity contribution in [3.63, 3.8) is 0 Å². The van der Waals surface area contributed by atoms with Crippen LogP contribution in [0.5, 0.6) is 0 Å². The molecule has 0 N–H and O–H groups in total. The van der Waals surface area contributed by atoms with Crippen LogP contribution in [0.3, 0.4) is 0 Å². The highest BCUT2D eigenvalue weighted by molar-refractivity contribution is 6.42. The first-order chi connectivity index (χ1) is 10.5. The Morgan fingerprint density at radius 1 is 1.14 bits per heavy atom. The summed E-state index contributed by atoms with van der Waals surface area (Å²) in [5.41, 5.74) is 2.92. The van der Waals surface area contributed by atoms with E-state index in [1.54, 1.807) is 18.2 Å². The van der Waals surface area contributed by atoms with Gasteiger partial charge in [-0.2, -0.15) is 0 Å². The van der Waals surface area contributed by atoms with Crippen LogP contribution in [0.2, 0.25) is 10.0 Å². The molecule has 0 aliphatic rings. The van der Waals surface area contributed by atoms with Crippen LogP contribution in [0.4, 0.5) is 0 Å². The molecule has 0 heterocycles. The van der Waals surface area contributed by atoms with Crippen molar-refractivity contribution in [3.05, 3.63) is 69.2 Å². The summed E-state index contributed by atoms with van der Waals surface area (Å²) in [6, 6.07) is 13.1. The minimum absolute atomic E-state index is 0.241. The molecule has 2 aromatic carbocycles. The molecule has 0 radical (unpaired) electrons. The molecule has 1 nitrogen and oxygen atoms in total. The molecule has 0 bridgehead atoms. The first-order valence-electron chi connectivity index (χ1n) is 7.02. The Bertz CT molecular complexity index is 754. The molecule has 3 heteroatoms. The lowest BCUT2D eigenvalue weighted by Crippen LogP contribution is -1.96. The summed E-state index contributed by atoms with van der Waals surface area (Å²) < 4.78 is 0. The first kappa shape index (κ1) is 16.6. The number of carbonyl (C=O) groups excluding carboxylic acids is 1. The fourth-order valence-corrected chi connectivity index (χ4v) is 2.39. The highest BCUT2D eigenvalue weighted by Crippen LogP contribution is 2.23. The zero-order valence-corrected chi connectivity index (χ0v) is 14.0. The van der Waals surface area contributed by atoms with Gasteiger partial charge in [-0.15, -0.1) is 0 Å². The fraction of sp³-hybridized carbons (Fsp3) is 0.211. The van der Waals surface area contributed by atoms with Gasteiger partial charge in [0, 0.05) is 12.0 Å². The lowest BCUT2D eigenvalue weighted by molar-refractivity contribution is 0.105.